The molecule has 27 atom stereocenters. The molecular formula is C73H120O24. The van der Waals surface area contributed by atoms with Crippen molar-refractivity contribution in [3.8, 4) is 0 Å². The van der Waals surface area contributed by atoms with Gasteiger partial charge in [-0.15, -0.1) is 0 Å². The van der Waals surface area contributed by atoms with Crippen LogP contribution in [0, 0.1) is 11.8 Å². The van der Waals surface area contributed by atoms with Crippen LogP contribution in [0.1, 0.15) is 221 Å². The SMILES string of the molecule is CCCCCCCCCCCC(=O)O[C@H]1[C@H](O[C@H]2[C@@H](O)[C@H]3OCCCCCCCCCCC(CCCCC)O[C@@H]4O[C@H](C)[C@H](O)[C@H](O)[C@H]4O[C@H]3C[C@@H]2C)O[C@@H](C)[C@H](O[C@@H]2O[C@@H](C)[C@H](OC(=O)/C=C/c3ccccc3)[C@@H](OC(=O)[C@@H](C)CC)[C@H]2O)[C@H]1O[C@@H]1O[C@H](CO)[C@@H](O)[C@H](O)[C@H]1O. The molecule has 1 aliphatic carbocycles. The van der Waals surface area contributed by atoms with Gasteiger partial charge in [0.05, 0.1) is 49.1 Å². The second kappa shape index (κ2) is 41.7. The summed E-state index contributed by atoms with van der Waals surface area (Å²) in [6.07, 6.45) is -11.5. The Balaban J connectivity index is 1.23. The standard InChI is InChI=1S/C73H120O24/c1-9-12-14-15-16-17-21-24-31-37-52(75)93-68-67(97-70-58(81)56(79)55(78)51(42-74)91-70)63(96-71-60(83)65(94-69(84)43(4)11-3)62(46(7)87-71)92-53(76)39-38-48-33-28-26-29-34-48)47(8)88-73(68)95-61-44(5)41-50-64(59(61)82)85-40-32-25-22-19-18-20-23-30-36-49(35-27-13-10-2)89-72-66(90-50)57(80)54(77)45(6)86-72/h26,28-29,33-34,38-39,43-47,49-51,54-68,70-74,77-83H,9-25,27,30-32,35-37,40-42H2,1-8H3/b39-38+/t43-,44-,45+,46-,47-,49?,50-,51+,54-,55+,56-,57-,58+,59+,60+,61+,62-,63-,64-,65-,66+,67+,68+,70-,71-,72-,73-/m0/s1. The lowest BCUT2D eigenvalue weighted by molar-refractivity contribution is -0.390. The topological polar surface area (TPSA) is 333 Å². The Morgan fingerprint density at radius 1 is 0.536 bits per heavy atom. The minimum atomic E-state index is -2.00. The van der Waals surface area contributed by atoms with E-state index < -0.39 is 184 Å². The van der Waals surface area contributed by atoms with E-state index in [4.69, 9.17) is 61.6 Å². The number of hydrogen-bond donors (Lipinski definition) is 8. The van der Waals surface area contributed by atoms with E-state index in [9.17, 15) is 55.2 Å². The van der Waals surface area contributed by atoms with Crippen LogP contribution >= 0.6 is 0 Å². The number of carbonyl (C=O) groups is 3. The summed E-state index contributed by atoms with van der Waals surface area (Å²) in [5, 5.41) is 92.9. The molecule has 6 fully saturated rings. The Bertz CT molecular complexity index is 2420. The van der Waals surface area contributed by atoms with Crippen LogP contribution < -0.4 is 0 Å². The highest BCUT2D eigenvalue weighted by Gasteiger charge is 2.59. The lowest BCUT2D eigenvalue weighted by atomic mass is 9.81. The van der Waals surface area contributed by atoms with Crippen LogP contribution in [0.15, 0.2) is 36.4 Å². The summed E-state index contributed by atoms with van der Waals surface area (Å²) in [7, 11) is 0. The molecule has 1 unspecified atom stereocenters. The van der Waals surface area contributed by atoms with E-state index in [1.165, 1.54) is 25.5 Å². The van der Waals surface area contributed by atoms with Crippen molar-refractivity contribution in [3.63, 3.8) is 0 Å². The van der Waals surface area contributed by atoms with Gasteiger partial charge in [0.2, 0.25) is 0 Å². The Morgan fingerprint density at radius 3 is 1.82 bits per heavy atom. The summed E-state index contributed by atoms with van der Waals surface area (Å²) < 4.78 is 84.6. The molecule has 0 spiro atoms. The van der Waals surface area contributed by atoms with Crippen molar-refractivity contribution < 1.29 is 117 Å². The summed E-state index contributed by atoms with van der Waals surface area (Å²) in [6, 6.07) is 9.00. The first-order chi connectivity index (χ1) is 46.7. The zero-order chi connectivity index (χ0) is 70.1. The third kappa shape index (κ3) is 23.6. The van der Waals surface area contributed by atoms with Crippen molar-refractivity contribution >= 4 is 24.0 Å². The van der Waals surface area contributed by atoms with Gasteiger partial charge in [-0.3, -0.25) is 9.59 Å². The Hall–Kier alpha value is -3.35. The number of aliphatic hydroxyl groups is 8. The van der Waals surface area contributed by atoms with E-state index in [2.05, 4.69) is 13.8 Å². The zero-order valence-corrected chi connectivity index (χ0v) is 58.8. The highest BCUT2D eigenvalue weighted by atomic mass is 16.8. The van der Waals surface area contributed by atoms with E-state index in [1.54, 1.807) is 52.0 Å². The average Bonchev–Trinajstić information content (AvgIpc) is 0.775. The van der Waals surface area contributed by atoms with Crippen LogP contribution in [0.3, 0.4) is 0 Å². The fraction of sp³-hybridized carbons (Fsp3) is 0.849. The van der Waals surface area contributed by atoms with Crippen LogP contribution in [-0.2, 0) is 76.0 Å². The van der Waals surface area contributed by atoms with Gasteiger partial charge in [-0.2, -0.15) is 0 Å². The summed E-state index contributed by atoms with van der Waals surface area (Å²) in [5.74, 6) is -3.54. The summed E-state index contributed by atoms with van der Waals surface area (Å²) in [6.45, 7) is 13.7. The molecule has 1 aromatic rings. The van der Waals surface area contributed by atoms with Crippen LogP contribution in [0.2, 0.25) is 0 Å². The molecule has 0 bridgehead atoms. The molecule has 1 aromatic carbocycles. The maximum atomic E-state index is 14.6. The first-order valence-electron chi connectivity index (χ1n) is 36.9. The van der Waals surface area contributed by atoms with Gasteiger partial charge < -0.3 is 102 Å². The predicted molar refractivity (Wildman–Crippen MR) is 355 cm³/mol. The number of ether oxygens (including phenoxy) is 13. The number of benzene rings is 1. The van der Waals surface area contributed by atoms with Gasteiger partial charge in [0, 0.05) is 19.1 Å². The molecule has 8 N–H and O–H groups in total. The smallest absolute Gasteiger partial charge is 0.331 e. The van der Waals surface area contributed by atoms with Gasteiger partial charge >= 0.3 is 17.9 Å². The molecule has 5 saturated heterocycles. The molecule has 24 heteroatoms. The normalized spacial score (nSPS) is 38.6. The largest absolute Gasteiger partial charge is 0.455 e. The Labute approximate surface area is 574 Å². The third-order valence-electron chi connectivity index (χ3n) is 20.2. The van der Waals surface area contributed by atoms with Gasteiger partial charge in [-0.25, -0.2) is 4.79 Å². The molecule has 97 heavy (non-hydrogen) atoms. The van der Waals surface area contributed by atoms with Crippen LogP contribution in [-0.4, -0.2) is 225 Å². The van der Waals surface area contributed by atoms with Crippen LogP contribution in [0.4, 0.5) is 0 Å². The van der Waals surface area contributed by atoms with Crippen molar-refractivity contribution in [3.05, 3.63) is 42.0 Å². The number of unbranched alkanes of at least 4 members (excludes halogenated alkanes) is 10. The van der Waals surface area contributed by atoms with E-state index in [1.807, 2.05) is 13.0 Å². The van der Waals surface area contributed by atoms with Gasteiger partial charge in [-0.05, 0) is 76.9 Å². The molecule has 7 rings (SSSR count). The highest BCUT2D eigenvalue weighted by molar-refractivity contribution is 5.87. The molecule has 5 heterocycles. The monoisotopic (exact) mass is 1380 g/mol. The van der Waals surface area contributed by atoms with Gasteiger partial charge in [-0.1, -0.05) is 181 Å². The van der Waals surface area contributed by atoms with Gasteiger partial charge in [0.25, 0.3) is 0 Å². The van der Waals surface area contributed by atoms with Crippen LogP contribution in [0.25, 0.3) is 6.08 Å². The third-order valence-corrected chi connectivity index (χ3v) is 20.2. The van der Waals surface area contributed by atoms with Crippen LogP contribution in [0.5, 0.6) is 0 Å². The molecule has 1 saturated carbocycles. The number of hydrogen-bond acceptors (Lipinski definition) is 24. The number of fused-ring (bicyclic) bond motifs is 2. The lowest BCUT2D eigenvalue weighted by Crippen LogP contribution is -2.68. The minimum absolute atomic E-state index is 0.0788. The quantitative estimate of drug-likeness (QED) is 0.0172. The van der Waals surface area contributed by atoms with Gasteiger partial charge in [0.1, 0.15) is 73.2 Å². The van der Waals surface area contributed by atoms with Gasteiger partial charge in [0.15, 0.2) is 43.5 Å². The second-order valence-corrected chi connectivity index (χ2v) is 28.0. The minimum Gasteiger partial charge on any atom is -0.455 e. The molecule has 0 amide bonds. The number of carbonyl (C=O) groups excluding carboxylic acids is 3. The number of esters is 3. The molecule has 5 aliphatic heterocycles. The van der Waals surface area contributed by atoms with E-state index >= 15 is 0 Å². The highest BCUT2D eigenvalue weighted by Crippen LogP contribution is 2.41. The van der Waals surface area contributed by atoms with Crippen molar-refractivity contribution in [1.29, 1.82) is 0 Å². The van der Waals surface area contributed by atoms with E-state index in [-0.39, 0.29) is 25.6 Å². The maximum Gasteiger partial charge on any atom is 0.331 e. The van der Waals surface area contributed by atoms with Crippen molar-refractivity contribution in [2.75, 3.05) is 13.2 Å². The average molecular weight is 1380 g/mol. The molecule has 0 aromatic heterocycles. The maximum absolute atomic E-state index is 14.6. The van der Waals surface area contributed by atoms with Crippen molar-refractivity contribution in [2.45, 2.75) is 369 Å². The van der Waals surface area contributed by atoms with E-state index in [0.717, 1.165) is 116 Å². The Kier molecular flexibility index (Phi) is 34.8. The summed E-state index contributed by atoms with van der Waals surface area (Å²) >= 11 is 0. The zero-order valence-electron chi connectivity index (χ0n) is 58.8. The summed E-state index contributed by atoms with van der Waals surface area (Å²) in [5.41, 5.74) is 0.702. The molecule has 6 aliphatic rings. The van der Waals surface area contributed by atoms with Crippen molar-refractivity contribution in [1.82, 2.24) is 0 Å². The summed E-state index contributed by atoms with van der Waals surface area (Å²) in [4.78, 5) is 41.8. The molecule has 24 nitrogen and oxygen atoms in total. The Morgan fingerprint density at radius 2 is 1.14 bits per heavy atom. The molecule has 0 radical (unpaired) electrons. The first-order valence-corrected chi connectivity index (χ1v) is 36.9. The molecule has 556 valence electrons. The first kappa shape index (κ1) is 81.0. The number of rotatable bonds is 28. The predicted octanol–water partition coefficient (Wildman–Crippen LogP) is 7.70. The molecular weight excluding hydrogens is 1260 g/mol. The fourth-order valence-electron chi connectivity index (χ4n) is 13.9. The lowest BCUT2D eigenvalue weighted by Gasteiger charge is -2.51. The fourth-order valence-corrected chi connectivity index (χ4v) is 13.9. The van der Waals surface area contributed by atoms with Crippen molar-refractivity contribution in [2.24, 2.45) is 11.8 Å². The van der Waals surface area contributed by atoms with E-state index in [0.29, 0.717) is 31.2 Å². The second-order valence-electron chi connectivity index (χ2n) is 28.0. The number of aliphatic hydroxyl groups excluding tert-OH is 8.